The molecule has 2 atom stereocenters. The molecule has 8 nitrogen and oxygen atoms in total. The van der Waals surface area contributed by atoms with Crippen LogP contribution in [0.1, 0.15) is 51.6 Å². The Kier molecular flexibility index (Phi) is 6.08. The average molecular weight is 444 g/mol. The van der Waals surface area contributed by atoms with E-state index < -0.39 is 17.8 Å². The Labute approximate surface area is 187 Å². The van der Waals surface area contributed by atoms with E-state index in [2.05, 4.69) is 15.3 Å². The van der Waals surface area contributed by atoms with Gasteiger partial charge in [-0.15, -0.1) is 0 Å². The van der Waals surface area contributed by atoms with Gasteiger partial charge >= 0.3 is 0 Å². The van der Waals surface area contributed by atoms with Crippen molar-refractivity contribution in [3.05, 3.63) is 35.9 Å². The maximum absolute atomic E-state index is 15.5. The maximum atomic E-state index is 15.5. The fraction of sp³-hybridized carbons (Fsp3) is 0.522. The van der Waals surface area contributed by atoms with E-state index in [1.807, 2.05) is 43.9 Å². The zero-order valence-electron chi connectivity index (χ0n) is 18.7. The third-order valence-electron chi connectivity index (χ3n) is 5.72. The topological polar surface area (TPSA) is 103 Å². The fourth-order valence-electron chi connectivity index (χ4n) is 4.30. The quantitative estimate of drug-likeness (QED) is 0.705. The molecule has 3 heterocycles. The molecule has 0 aliphatic carbocycles. The number of hydrogen-bond donors (Lipinski definition) is 2. The molecule has 0 bridgehead atoms. The highest BCUT2D eigenvalue weighted by atomic mass is 19.1. The van der Waals surface area contributed by atoms with Gasteiger partial charge in [0.05, 0.1) is 6.04 Å². The summed E-state index contributed by atoms with van der Waals surface area (Å²) >= 11 is 0. The second kappa shape index (κ2) is 8.80. The molecule has 1 saturated heterocycles. The van der Waals surface area contributed by atoms with Gasteiger partial charge in [-0.25, -0.2) is 9.97 Å². The molecule has 1 aromatic carbocycles. The average Bonchev–Trinajstić information content (AvgIpc) is 3.23. The van der Waals surface area contributed by atoms with Crippen LogP contribution in [0.2, 0.25) is 0 Å². The standard InChI is InChI=1S/C23H30FN5O3/c1-23(2,3)12-15(20(25)30)28-21-19(24)22(27-13-26-21)29-8-4-5-16(29)14-6-7-17-18(11-14)32-10-9-31-17/h6-7,11,13,15-16H,4-5,8-10,12H2,1-3H3,(H2,25,30)(H,26,27,28). The van der Waals surface area contributed by atoms with E-state index in [0.29, 0.717) is 31.9 Å². The van der Waals surface area contributed by atoms with E-state index in [1.165, 1.54) is 6.33 Å². The second-order valence-corrected chi connectivity index (χ2v) is 9.48. The summed E-state index contributed by atoms with van der Waals surface area (Å²) in [6, 6.07) is 5.06. The summed E-state index contributed by atoms with van der Waals surface area (Å²) in [4.78, 5) is 22.2. The van der Waals surface area contributed by atoms with Gasteiger partial charge in [0.15, 0.2) is 23.1 Å². The Morgan fingerprint density at radius 1 is 1.28 bits per heavy atom. The maximum Gasteiger partial charge on any atom is 0.239 e. The molecule has 3 N–H and O–H groups in total. The minimum atomic E-state index is -0.737. The number of nitrogens with two attached hydrogens (primary N) is 1. The molecule has 1 amide bonds. The van der Waals surface area contributed by atoms with Crippen molar-refractivity contribution in [2.45, 2.75) is 52.1 Å². The van der Waals surface area contributed by atoms with E-state index >= 15 is 4.39 Å². The summed E-state index contributed by atoms with van der Waals surface area (Å²) in [5, 5.41) is 2.90. The monoisotopic (exact) mass is 443 g/mol. The van der Waals surface area contributed by atoms with Crippen molar-refractivity contribution in [3.8, 4) is 11.5 Å². The summed E-state index contributed by atoms with van der Waals surface area (Å²) in [5.41, 5.74) is 6.40. The van der Waals surface area contributed by atoms with Gasteiger partial charge in [0.1, 0.15) is 25.6 Å². The van der Waals surface area contributed by atoms with Gasteiger partial charge < -0.3 is 25.4 Å². The molecule has 32 heavy (non-hydrogen) atoms. The lowest BCUT2D eigenvalue weighted by molar-refractivity contribution is -0.119. The van der Waals surface area contributed by atoms with E-state index in [-0.39, 0.29) is 23.1 Å². The number of rotatable bonds is 6. The van der Waals surface area contributed by atoms with Gasteiger partial charge in [0.25, 0.3) is 0 Å². The molecule has 0 radical (unpaired) electrons. The van der Waals surface area contributed by atoms with Crippen molar-refractivity contribution in [1.82, 2.24) is 9.97 Å². The van der Waals surface area contributed by atoms with Crippen LogP contribution in [-0.4, -0.2) is 41.7 Å². The molecule has 172 valence electrons. The molecule has 2 aromatic rings. The summed E-state index contributed by atoms with van der Waals surface area (Å²) in [6.07, 6.45) is 3.53. The van der Waals surface area contributed by atoms with Crippen LogP contribution >= 0.6 is 0 Å². The first-order chi connectivity index (χ1) is 15.2. The molecular weight excluding hydrogens is 413 g/mol. The lowest BCUT2D eigenvalue weighted by Crippen LogP contribution is -2.39. The van der Waals surface area contributed by atoms with Crippen molar-refractivity contribution in [2.24, 2.45) is 11.1 Å². The lowest BCUT2D eigenvalue weighted by Gasteiger charge is -2.29. The van der Waals surface area contributed by atoms with Crippen molar-refractivity contribution >= 4 is 17.5 Å². The summed E-state index contributed by atoms with van der Waals surface area (Å²) in [7, 11) is 0. The zero-order valence-corrected chi connectivity index (χ0v) is 18.7. The second-order valence-electron chi connectivity index (χ2n) is 9.48. The number of carbonyl (C=O) groups excluding carboxylic acids is 1. The van der Waals surface area contributed by atoms with Gasteiger partial charge in [-0.2, -0.15) is 4.39 Å². The Morgan fingerprint density at radius 2 is 2.03 bits per heavy atom. The molecule has 1 aromatic heterocycles. The molecule has 1 fully saturated rings. The Balaban J connectivity index is 1.60. The number of amides is 1. The Bertz CT molecular complexity index is 994. The SMILES string of the molecule is CC(C)(C)CC(Nc1ncnc(N2CCCC2c2ccc3c(c2)OCCO3)c1F)C(N)=O. The van der Waals surface area contributed by atoms with Crippen molar-refractivity contribution < 1.29 is 18.7 Å². The molecular formula is C23H30FN5O3. The number of primary amides is 1. The van der Waals surface area contributed by atoms with Gasteiger partial charge in [-0.1, -0.05) is 26.8 Å². The molecule has 2 aliphatic rings. The van der Waals surface area contributed by atoms with Crippen LogP contribution in [0, 0.1) is 11.2 Å². The van der Waals surface area contributed by atoms with E-state index in [0.717, 1.165) is 24.2 Å². The first-order valence-corrected chi connectivity index (χ1v) is 11.0. The predicted molar refractivity (Wildman–Crippen MR) is 119 cm³/mol. The Hall–Kier alpha value is -3.10. The number of carbonyl (C=O) groups is 1. The van der Waals surface area contributed by atoms with Crippen LogP contribution < -0.4 is 25.4 Å². The van der Waals surface area contributed by atoms with E-state index in [1.54, 1.807) is 0 Å². The van der Waals surface area contributed by atoms with Gasteiger partial charge in [-0.05, 0) is 42.4 Å². The third kappa shape index (κ3) is 4.71. The predicted octanol–water partition coefficient (Wildman–Crippen LogP) is 3.43. The first-order valence-electron chi connectivity index (χ1n) is 11.0. The highest BCUT2D eigenvalue weighted by Crippen LogP contribution is 2.40. The molecule has 0 saturated carbocycles. The van der Waals surface area contributed by atoms with Gasteiger partial charge in [0.2, 0.25) is 11.7 Å². The number of hydrogen-bond acceptors (Lipinski definition) is 7. The van der Waals surface area contributed by atoms with Crippen molar-refractivity contribution in [2.75, 3.05) is 30.0 Å². The van der Waals surface area contributed by atoms with Crippen LogP contribution in [0.5, 0.6) is 11.5 Å². The van der Waals surface area contributed by atoms with Crippen molar-refractivity contribution in [1.29, 1.82) is 0 Å². The van der Waals surface area contributed by atoms with Crippen LogP contribution in [0.4, 0.5) is 16.0 Å². The van der Waals surface area contributed by atoms with E-state index in [9.17, 15) is 4.79 Å². The van der Waals surface area contributed by atoms with Gasteiger partial charge in [0, 0.05) is 6.54 Å². The molecule has 2 unspecified atom stereocenters. The highest BCUT2D eigenvalue weighted by Gasteiger charge is 2.32. The number of nitrogens with one attached hydrogen (secondary N) is 1. The third-order valence-corrected chi connectivity index (χ3v) is 5.72. The number of benzene rings is 1. The van der Waals surface area contributed by atoms with Crippen LogP contribution in [-0.2, 0) is 4.79 Å². The number of ether oxygens (including phenoxy) is 2. The number of anilines is 2. The lowest BCUT2D eigenvalue weighted by atomic mass is 9.88. The highest BCUT2D eigenvalue weighted by molar-refractivity contribution is 5.82. The Morgan fingerprint density at radius 3 is 2.75 bits per heavy atom. The fourth-order valence-corrected chi connectivity index (χ4v) is 4.30. The normalized spacial score (nSPS) is 19.0. The molecule has 0 spiro atoms. The van der Waals surface area contributed by atoms with Crippen LogP contribution in [0.15, 0.2) is 24.5 Å². The molecule has 2 aliphatic heterocycles. The zero-order chi connectivity index (χ0) is 22.9. The first kappa shape index (κ1) is 22.1. The number of halogens is 1. The molecule has 4 rings (SSSR count). The minimum absolute atomic E-state index is 0.0177. The summed E-state index contributed by atoms with van der Waals surface area (Å²) < 4.78 is 26.8. The van der Waals surface area contributed by atoms with E-state index in [4.69, 9.17) is 15.2 Å². The largest absolute Gasteiger partial charge is 0.486 e. The minimum Gasteiger partial charge on any atom is -0.486 e. The number of aromatic nitrogens is 2. The van der Waals surface area contributed by atoms with Crippen LogP contribution in [0.3, 0.4) is 0 Å². The summed E-state index contributed by atoms with van der Waals surface area (Å²) in [5.74, 6) is 0.486. The van der Waals surface area contributed by atoms with Crippen molar-refractivity contribution in [3.63, 3.8) is 0 Å². The number of nitrogens with zero attached hydrogens (tertiary/aromatic N) is 3. The summed E-state index contributed by atoms with van der Waals surface area (Å²) in [6.45, 7) is 7.69. The smallest absolute Gasteiger partial charge is 0.239 e. The number of fused-ring (bicyclic) bond motifs is 1. The molecule has 9 heteroatoms. The van der Waals surface area contributed by atoms with Gasteiger partial charge in [-0.3, -0.25) is 4.79 Å². The van der Waals surface area contributed by atoms with Crippen LogP contribution in [0.25, 0.3) is 0 Å².